The number of aryl methyl sites for hydroxylation is 1. The summed E-state index contributed by atoms with van der Waals surface area (Å²) in [4.78, 5) is 2.53. The van der Waals surface area contributed by atoms with E-state index >= 15 is 0 Å². The maximum Gasteiger partial charge on any atom is 0.244 e. The zero-order chi connectivity index (χ0) is 15.6. The van der Waals surface area contributed by atoms with Gasteiger partial charge in [-0.2, -0.15) is 4.31 Å². The molecular formula is C14H24ClN3O2S. The smallest absolute Gasteiger partial charge is 0.244 e. The minimum absolute atomic E-state index is 0.0400. The van der Waals surface area contributed by atoms with E-state index in [1.54, 1.807) is 19.3 Å². The molecule has 2 rings (SSSR count). The van der Waals surface area contributed by atoms with Crippen LogP contribution in [0.3, 0.4) is 0 Å². The molecule has 0 saturated carbocycles. The lowest BCUT2D eigenvalue weighted by Crippen LogP contribution is -2.47. The van der Waals surface area contributed by atoms with E-state index in [0.29, 0.717) is 17.3 Å². The van der Waals surface area contributed by atoms with E-state index in [2.05, 4.69) is 4.90 Å². The first-order valence-corrected chi connectivity index (χ1v) is 9.29. The Kier molecular flexibility index (Phi) is 5.35. The molecule has 1 aliphatic rings. The van der Waals surface area contributed by atoms with E-state index in [-0.39, 0.29) is 6.04 Å². The van der Waals surface area contributed by atoms with Crippen LogP contribution in [0.25, 0.3) is 0 Å². The Hall–Kier alpha value is -0.560. The highest BCUT2D eigenvalue weighted by Gasteiger charge is 2.31. The molecule has 1 aromatic rings. The monoisotopic (exact) mass is 333 g/mol. The second-order valence-electron chi connectivity index (χ2n) is 5.67. The van der Waals surface area contributed by atoms with Gasteiger partial charge < -0.3 is 9.47 Å². The Labute approximate surface area is 132 Å². The second kappa shape index (κ2) is 6.69. The molecule has 0 radical (unpaired) electrons. The molecule has 21 heavy (non-hydrogen) atoms. The van der Waals surface area contributed by atoms with E-state index in [1.807, 2.05) is 18.5 Å². The fourth-order valence-corrected chi connectivity index (χ4v) is 4.54. The minimum Gasteiger partial charge on any atom is -0.349 e. The number of likely N-dealkylation sites (N-methyl/N-ethyl adjacent to an activating group) is 2. The van der Waals surface area contributed by atoms with Gasteiger partial charge in [0, 0.05) is 38.1 Å². The summed E-state index contributed by atoms with van der Waals surface area (Å²) in [6, 6.07) is 1.73. The van der Waals surface area contributed by atoms with Crippen LogP contribution >= 0.6 is 11.6 Å². The Bertz CT molecular complexity index is 564. The van der Waals surface area contributed by atoms with E-state index < -0.39 is 10.0 Å². The molecule has 2 heterocycles. The van der Waals surface area contributed by atoms with Gasteiger partial charge in [0.25, 0.3) is 0 Å². The summed E-state index contributed by atoms with van der Waals surface area (Å²) in [5, 5.41) is 0. The van der Waals surface area contributed by atoms with Crippen LogP contribution in [0.4, 0.5) is 0 Å². The van der Waals surface area contributed by atoms with Crippen molar-refractivity contribution < 1.29 is 8.42 Å². The van der Waals surface area contributed by atoms with E-state index in [4.69, 9.17) is 11.6 Å². The van der Waals surface area contributed by atoms with Gasteiger partial charge in [0.05, 0.1) is 5.88 Å². The Morgan fingerprint density at radius 3 is 2.71 bits per heavy atom. The summed E-state index contributed by atoms with van der Waals surface area (Å²) in [6.07, 6.45) is 3.64. The molecule has 1 atom stereocenters. The number of aromatic nitrogens is 1. The highest BCUT2D eigenvalue weighted by Crippen LogP contribution is 2.24. The van der Waals surface area contributed by atoms with E-state index in [0.717, 1.165) is 31.6 Å². The molecule has 1 unspecified atom stereocenters. The van der Waals surface area contributed by atoms with Gasteiger partial charge in [0.2, 0.25) is 10.0 Å². The summed E-state index contributed by atoms with van der Waals surface area (Å²) >= 11 is 5.89. The average Bonchev–Trinajstić information content (AvgIpc) is 2.90. The van der Waals surface area contributed by atoms with E-state index in [1.165, 1.54) is 4.31 Å². The van der Waals surface area contributed by atoms with Crippen molar-refractivity contribution in [3.05, 3.63) is 18.0 Å². The fourth-order valence-electron chi connectivity index (χ4n) is 2.87. The van der Waals surface area contributed by atoms with Gasteiger partial charge >= 0.3 is 0 Å². The summed E-state index contributed by atoms with van der Waals surface area (Å²) < 4.78 is 29.0. The first-order valence-electron chi connectivity index (χ1n) is 7.31. The van der Waals surface area contributed by atoms with Gasteiger partial charge in [-0.15, -0.1) is 11.6 Å². The molecule has 0 aromatic carbocycles. The molecule has 1 aromatic heterocycles. The van der Waals surface area contributed by atoms with Crippen LogP contribution in [-0.4, -0.2) is 55.4 Å². The lowest BCUT2D eigenvalue weighted by Gasteiger charge is -2.34. The molecule has 1 aliphatic heterocycles. The zero-order valence-corrected chi connectivity index (χ0v) is 14.5. The van der Waals surface area contributed by atoms with Crippen molar-refractivity contribution in [3.63, 3.8) is 0 Å². The summed E-state index contributed by atoms with van der Waals surface area (Å²) in [5.74, 6) is 0.319. The van der Waals surface area contributed by atoms with Crippen LogP contribution in [0.1, 0.15) is 25.5 Å². The summed E-state index contributed by atoms with van der Waals surface area (Å²) in [6.45, 7) is 4.51. The molecule has 120 valence electrons. The van der Waals surface area contributed by atoms with Crippen molar-refractivity contribution in [2.24, 2.45) is 0 Å². The number of rotatable bonds is 5. The zero-order valence-electron chi connectivity index (χ0n) is 12.9. The molecule has 1 saturated heterocycles. The number of piperidine rings is 1. The largest absolute Gasteiger partial charge is 0.349 e. The molecule has 1 fully saturated rings. The van der Waals surface area contributed by atoms with Gasteiger partial charge in [-0.05, 0) is 39.4 Å². The van der Waals surface area contributed by atoms with Crippen molar-refractivity contribution in [2.75, 3.05) is 27.2 Å². The lowest BCUT2D eigenvalue weighted by molar-refractivity contribution is 0.187. The third-order valence-electron chi connectivity index (χ3n) is 4.23. The first-order chi connectivity index (χ1) is 9.90. The number of nitrogens with zero attached hydrogens (tertiary/aromatic N) is 3. The third kappa shape index (κ3) is 3.44. The molecular weight excluding hydrogens is 310 g/mol. The van der Waals surface area contributed by atoms with Crippen LogP contribution < -0.4 is 0 Å². The Morgan fingerprint density at radius 2 is 2.19 bits per heavy atom. The third-order valence-corrected chi connectivity index (χ3v) is 6.38. The average molecular weight is 334 g/mol. The topological polar surface area (TPSA) is 45.6 Å². The fraction of sp³-hybridized carbons (Fsp3) is 0.714. The predicted octanol–water partition coefficient (Wildman–Crippen LogP) is 1.96. The number of likely N-dealkylation sites (tertiary alicyclic amines) is 1. The van der Waals surface area contributed by atoms with Crippen molar-refractivity contribution in [1.29, 1.82) is 0 Å². The number of alkyl halides is 1. The highest BCUT2D eigenvalue weighted by atomic mass is 35.5. The predicted molar refractivity (Wildman–Crippen MR) is 85.1 cm³/mol. The quantitative estimate of drug-likeness (QED) is 0.774. The van der Waals surface area contributed by atoms with Crippen LogP contribution in [0.5, 0.6) is 0 Å². The van der Waals surface area contributed by atoms with Gasteiger partial charge in [0.1, 0.15) is 4.90 Å². The molecule has 0 spiro atoms. The minimum atomic E-state index is -3.46. The van der Waals surface area contributed by atoms with Crippen molar-refractivity contribution in [3.8, 4) is 0 Å². The van der Waals surface area contributed by atoms with Crippen molar-refractivity contribution >= 4 is 21.6 Å². The number of hydrogen-bond donors (Lipinski definition) is 0. The van der Waals surface area contributed by atoms with Gasteiger partial charge in [-0.1, -0.05) is 0 Å². The maximum absolute atomic E-state index is 12.8. The first kappa shape index (κ1) is 16.8. The van der Waals surface area contributed by atoms with Gasteiger partial charge in [-0.25, -0.2) is 8.42 Å². The molecule has 7 heteroatoms. The normalized spacial score (nSPS) is 21.1. The molecule has 0 bridgehead atoms. The van der Waals surface area contributed by atoms with Crippen LogP contribution in [0, 0.1) is 0 Å². The van der Waals surface area contributed by atoms with Crippen molar-refractivity contribution in [2.45, 2.75) is 43.1 Å². The van der Waals surface area contributed by atoms with Crippen LogP contribution in [-0.2, 0) is 22.4 Å². The lowest BCUT2D eigenvalue weighted by atomic mass is 10.1. The number of halogens is 1. The molecule has 0 N–H and O–H groups in total. The molecule has 5 nitrogen and oxygen atoms in total. The standard InChI is InChI=1S/C14H24ClN3O2S/c1-4-18-11-14(8-13(18)9-15)21(19,20)17(3)12-6-5-7-16(2)10-12/h8,11-12H,4-7,9-10H2,1-3H3. The number of sulfonamides is 1. The molecule has 0 amide bonds. The van der Waals surface area contributed by atoms with Crippen molar-refractivity contribution in [1.82, 2.24) is 13.8 Å². The Balaban J connectivity index is 2.26. The van der Waals surface area contributed by atoms with Crippen LogP contribution in [0.15, 0.2) is 17.2 Å². The molecule has 0 aliphatic carbocycles. The summed E-state index contributed by atoms with van der Waals surface area (Å²) in [5.41, 5.74) is 0.840. The number of hydrogen-bond acceptors (Lipinski definition) is 3. The van der Waals surface area contributed by atoms with Crippen LogP contribution in [0.2, 0.25) is 0 Å². The summed E-state index contributed by atoms with van der Waals surface area (Å²) in [7, 11) is 0.260. The SMILES string of the molecule is CCn1cc(S(=O)(=O)N(C)C2CCCN(C)C2)cc1CCl. The van der Waals surface area contributed by atoms with Gasteiger partial charge in [0.15, 0.2) is 0 Å². The Morgan fingerprint density at radius 1 is 1.48 bits per heavy atom. The second-order valence-corrected chi connectivity index (χ2v) is 7.93. The highest BCUT2D eigenvalue weighted by molar-refractivity contribution is 7.89. The van der Waals surface area contributed by atoms with Gasteiger partial charge in [-0.3, -0.25) is 0 Å². The van der Waals surface area contributed by atoms with E-state index in [9.17, 15) is 8.42 Å². The maximum atomic E-state index is 12.8.